The number of hydrogen-bond donors (Lipinski definition) is 1. The molecule has 1 amide bonds. The Balaban J connectivity index is 1.71. The smallest absolute Gasteiger partial charge is 0.261 e. The molecule has 8 nitrogen and oxygen atoms in total. The van der Waals surface area contributed by atoms with Gasteiger partial charge in [0.2, 0.25) is 0 Å². The standard InChI is InChI=1S/C24H30N6O2/c1-5-8-17(9-6-2)20-15-29-14-18(21(32-16(3)4)12-22(29)27-20)24(31)28-19-13-26-30-11-7-10-25-23(19)30/h7,10-17H,5-6,8-9H2,1-4H3,(H,28,31). The van der Waals surface area contributed by atoms with Crippen molar-refractivity contribution in [2.45, 2.75) is 65.4 Å². The van der Waals surface area contributed by atoms with Crippen LogP contribution in [-0.2, 0) is 0 Å². The molecule has 1 N–H and O–H groups in total. The van der Waals surface area contributed by atoms with Gasteiger partial charge < -0.3 is 14.5 Å². The predicted octanol–water partition coefficient (Wildman–Crippen LogP) is 5.10. The molecule has 0 unspecified atom stereocenters. The first-order chi connectivity index (χ1) is 15.5. The van der Waals surface area contributed by atoms with Gasteiger partial charge in [-0.1, -0.05) is 26.7 Å². The van der Waals surface area contributed by atoms with E-state index >= 15 is 0 Å². The molecule has 4 aromatic rings. The molecule has 4 aromatic heterocycles. The molecule has 8 heteroatoms. The first-order valence-corrected chi connectivity index (χ1v) is 11.3. The van der Waals surface area contributed by atoms with Crippen LogP contribution < -0.4 is 10.1 Å². The Hall–Kier alpha value is -3.42. The second kappa shape index (κ2) is 9.38. The summed E-state index contributed by atoms with van der Waals surface area (Å²) in [6, 6.07) is 3.64. The summed E-state index contributed by atoms with van der Waals surface area (Å²) in [6.45, 7) is 8.28. The van der Waals surface area contributed by atoms with Crippen molar-refractivity contribution in [1.29, 1.82) is 0 Å². The third-order valence-corrected chi connectivity index (χ3v) is 5.40. The van der Waals surface area contributed by atoms with Crippen molar-refractivity contribution in [1.82, 2.24) is 24.0 Å². The number of imidazole rings is 1. The van der Waals surface area contributed by atoms with E-state index in [4.69, 9.17) is 9.72 Å². The van der Waals surface area contributed by atoms with Crippen molar-refractivity contribution in [3.8, 4) is 5.75 Å². The van der Waals surface area contributed by atoms with Crippen molar-refractivity contribution in [3.63, 3.8) is 0 Å². The first kappa shape index (κ1) is 21.8. The van der Waals surface area contributed by atoms with Crippen LogP contribution in [0.15, 0.2) is 43.1 Å². The van der Waals surface area contributed by atoms with Gasteiger partial charge in [-0.3, -0.25) is 4.79 Å². The molecule has 0 saturated carbocycles. The Kier molecular flexibility index (Phi) is 6.39. The zero-order valence-corrected chi connectivity index (χ0v) is 19.1. The lowest BCUT2D eigenvalue weighted by atomic mass is 9.95. The topological polar surface area (TPSA) is 85.8 Å². The molecule has 0 bridgehead atoms. The van der Waals surface area contributed by atoms with Crippen molar-refractivity contribution >= 4 is 22.9 Å². The van der Waals surface area contributed by atoms with E-state index in [0.717, 1.165) is 37.0 Å². The van der Waals surface area contributed by atoms with Crippen molar-refractivity contribution in [3.05, 3.63) is 54.4 Å². The number of rotatable bonds is 9. The number of amides is 1. The predicted molar refractivity (Wildman–Crippen MR) is 124 cm³/mol. The number of aromatic nitrogens is 5. The molecule has 0 radical (unpaired) electrons. The maximum Gasteiger partial charge on any atom is 0.261 e. The van der Waals surface area contributed by atoms with Gasteiger partial charge in [-0.2, -0.15) is 5.10 Å². The molecule has 168 valence electrons. The lowest BCUT2D eigenvalue weighted by molar-refractivity contribution is 0.102. The number of ether oxygens (including phenoxy) is 1. The molecule has 0 fully saturated rings. The van der Waals surface area contributed by atoms with Crippen LogP contribution in [0.2, 0.25) is 0 Å². The quantitative estimate of drug-likeness (QED) is 0.396. The van der Waals surface area contributed by atoms with Gasteiger partial charge in [-0.05, 0) is 32.8 Å². The normalized spacial score (nSPS) is 11.7. The number of nitrogens with zero attached hydrogens (tertiary/aromatic N) is 5. The van der Waals surface area contributed by atoms with Gasteiger partial charge in [0.15, 0.2) is 5.65 Å². The number of carbonyl (C=O) groups is 1. The molecule has 0 aromatic carbocycles. The molecule has 0 atom stereocenters. The van der Waals surface area contributed by atoms with Gasteiger partial charge in [0.1, 0.15) is 17.1 Å². The lowest BCUT2D eigenvalue weighted by Gasteiger charge is -2.14. The van der Waals surface area contributed by atoms with E-state index in [2.05, 4.69) is 29.2 Å². The summed E-state index contributed by atoms with van der Waals surface area (Å²) in [7, 11) is 0. The molecule has 4 rings (SSSR count). The SMILES string of the molecule is CCCC(CCC)c1cn2cc(C(=O)Nc3cnn4cccnc34)c(OC(C)C)cc2n1. The Bertz CT molecular complexity index is 1220. The van der Waals surface area contributed by atoms with E-state index in [-0.39, 0.29) is 12.0 Å². The van der Waals surface area contributed by atoms with Gasteiger partial charge in [-0.15, -0.1) is 0 Å². The van der Waals surface area contributed by atoms with Crippen LogP contribution in [0.5, 0.6) is 5.75 Å². The van der Waals surface area contributed by atoms with Crippen LogP contribution in [0.1, 0.15) is 75.3 Å². The van der Waals surface area contributed by atoms with E-state index in [9.17, 15) is 4.79 Å². The minimum absolute atomic E-state index is 0.0787. The zero-order valence-electron chi connectivity index (χ0n) is 19.1. The largest absolute Gasteiger partial charge is 0.490 e. The second-order valence-corrected chi connectivity index (χ2v) is 8.32. The summed E-state index contributed by atoms with van der Waals surface area (Å²) in [6.07, 6.45) is 13.2. The molecular formula is C24H30N6O2. The van der Waals surface area contributed by atoms with Crippen LogP contribution in [0.25, 0.3) is 11.3 Å². The summed E-state index contributed by atoms with van der Waals surface area (Å²) in [5.74, 6) is 0.646. The molecule has 0 saturated heterocycles. The number of pyridine rings is 1. The van der Waals surface area contributed by atoms with Gasteiger partial charge >= 0.3 is 0 Å². The maximum absolute atomic E-state index is 13.3. The summed E-state index contributed by atoms with van der Waals surface area (Å²) in [5.41, 5.74) is 3.41. The molecule has 32 heavy (non-hydrogen) atoms. The molecule has 0 aliphatic heterocycles. The number of anilines is 1. The molecule has 0 aliphatic carbocycles. The summed E-state index contributed by atoms with van der Waals surface area (Å²) < 4.78 is 9.54. The number of fused-ring (bicyclic) bond motifs is 2. The zero-order chi connectivity index (χ0) is 22.7. The monoisotopic (exact) mass is 434 g/mol. The van der Waals surface area contributed by atoms with Gasteiger partial charge in [0.05, 0.1) is 23.6 Å². The Morgan fingerprint density at radius 3 is 2.69 bits per heavy atom. The maximum atomic E-state index is 13.3. The lowest BCUT2D eigenvalue weighted by Crippen LogP contribution is -2.16. The van der Waals surface area contributed by atoms with E-state index in [1.165, 1.54) is 0 Å². The fourth-order valence-electron chi connectivity index (χ4n) is 4.00. The number of carbonyl (C=O) groups excluding carboxylic acids is 1. The van der Waals surface area contributed by atoms with Crippen molar-refractivity contribution in [2.75, 3.05) is 5.32 Å². The highest BCUT2D eigenvalue weighted by Gasteiger charge is 2.20. The minimum Gasteiger partial charge on any atom is -0.490 e. The number of hydrogen-bond acceptors (Lipinski definition) is 5. The van der Waals surface area contributed by atoms with Crippen LogP contribution in [0, 0.1) is 0 Å². The summed E-state index contributed by atoms with van der Waals surface area (Å²) in [5, 5.41) is 7.17. The fraction of sp³-hybridized carbons (Fsp3) is 0.417. The van der Waals surface area contributed by atoms with Gasteiger partial charge in [0.25, 0.3) is 5.91 Å². The van der Waals surface area contributed by atoms with E-state index in [1.807, 2.05) is 30.5 Å². The van der Waals surface area contributed by atoms with E-state index < -0.39 is 0 Å². The van der Waals surface area contributed by atoms with Crippen LogP contribution >= 0.6 is 0 Å². The molecule has 4 heterocycles. The average molecular weight is 435 g/mol. The van der Waals surface area contributed by atoms with Crippen LogP contribution in [0.4, 0.5) is 5.69 Å². The summed E-state index contributed by atoms with van der Waals surface area (Å²) in [4.78, 5) is 22.4. The molecule has 0 aliphatic rings. The van der Waals surface area contributed by atoms with Crippen molar-refractivity contribution < 1.29 is 9.53 Å². The van der Waals surface area contributed by atoms with Crippen LogP contribution in [-0.4, -0.2) is 36.0 Å². The first-order valence-electron chi connectivity index (χ1n) is 11.3. The van der Waals surface area contributed by atoms with E-state index in [0.29, 0.717) is 28.6 Å². The fourth-order valence-corrected chi connectivity index (χ4v) is 4.00. The molecule has 0 spiro atoms. The third-order valence-electron chi connectivity index (χ3n) is 5.40. The highest BCUT2D eigenvalue weighted by Crippen LogP contribution is 2.29. The van der Waals surface area contributed by atoms with Crippen molar-refractivity contribution in [2.24, 2.45) is 0 Å². The Morgan fingerprint density at radius 1 is 1.19 bits per heavy atom. The highest BCUT2D eigenvalue weighted by molar-refractivity contribution is 6.07. The molecular weight excluding hydrogens is 404 g/mol. The third kappa shape index (κ3) is 4.44. The van der Waals surface area contributed by atoms with E-state index in [1.54, 1.807) is 35.4 Å². The minimum atomic E-state index is -0.281. The number of nitrogens with one attached hydrogen (secondary N) is 1. The van der Waals surface area contributed by atoms with Crippen LogP contribution in [0.3, 0.4) is 0 Å². The van der Waals surface area contributed by atoms with Gasteiger partial charge in [-0.25, -0.2) is 14.5 Å². The highest BCUT2D eigenvalue weighted by atomic mass is 16.5. The summed E-state index contributed by atoms with van der Waals surface area (Å²) >= 11 is 0. The Labute approximate surface area is 187 Å². The Morgan fingerprint density at radius 2 is 1.97 bits per heavy atom. The van der Waals surface area contributed by atoms with Gasteiger partial charge in [0, 0.05) is 36.8 Å². The average Bonchev–Trinajstić information content (AvgIpc) is 3.36. The second-order valence-electron chi connectivity index (χ2n) is 8.32.